The highest BCUT2D eigenvalue weighted by atomic mass is 16.5. The van der Waals surface area contributed by atoms with Crippen molar-refractivity contribution < 1.29 is 4.74 Å². The van der Waals surface area contributed by atoms with Gasteiger partial charge in [-0.25, -0.2) is 0 Å². The van der Waals surface area contributed by atoms with Crippen LogP contribution < -0.4 is 4.74 Å². The SMILES string of the molecule is CCC(C)=CCCC(C)=CCCc1ccc(OC)cc1. The molecule has 0 saturated heterocycles. The van der Waals surface area contributed by atoms with Gasteiger partial charge in [0.05, 0.1) is 7.11 Å². The lowest BCUT2D eigenvalue weighted by Gasteiger charge is -2.03. The number of allylic oxidation sites excluding steroid dienone is 4. The summed E-state index contributed by atoms with van der Waals surface area (Å²) >= 11 is 0. The first kappa shape index (κ1) is 16.6. The number of rotatable bonds is 8. The molecule has 0 aliphatic heterocycles. The Kier molecular flexibility index (Phi) is 7.79. The van der Waals surface area contributed by atoms with Crippen LogP contribution in [0.15, 0.2) is 47.6 Å². The van der Waals surface area contributed by atoms with Crippen molar-refractivity contribution in [3.8, 4) is 5.75 Å². The molecule has 0 atom stereocenters. The van der Waals surface area contributed by atoms with Crippen LogP contribution in [0.25, 0.3) is 0 Å². The normalized spacial score (nSPS) is 12.6. The average Bonchev–Trinajstić information content (AvgIpc) is 2.47. The summed E-state index contributed by atoms with van der Waals surface area (Å²) in [6.45, 7) is 6.66. The molecule has 0 amide bonds. The van der Waals surface area contributed by atoms with Crippen molar-refractivity contribution in [2.24, 2.45) is 0 Å². The molecule has 0 unspecified atom stereocenters. The summed E-state index contributed by atoms with van der Waals surface area (Å²) in [5.41, 5.74) is 4.37. The van der Waals surface area contributed by atoms with Crippen molar-refractivity contribution in [2.45, 2.75) is 52.9 Å². The fourth-order valence-electron chi connectivity index (χ4n) is 2.07. The van der Waals surface area contributed by atoms with Gasteiger partial charge in [0.2, 0.25) is 0 Å². The van der Waals surface area contributed by atoms with Crippen LogP contribution >= 0.6 is 0 Å². The molecule has 1 aromatic rings. The van der Waals surface area contributed by atoms with Gasteiger partial charge in [-0.15, -0.1) is 0 Å². The molecule has 20 heavy (non-hydrogen) atoms. The second-order valence-electron chi connectivity index (χ2n) is 5.38. The molecule has 1 aromatic carbocycles. The van der Waals surface area contributed by atoms with Crippen LogP contribution in [0.4, 0.5) is 0 Å². The van der Waals surface area contributed by atoms with E-state index in [1.807, 2.05) is 12.1 Å². The maximum atomic E-state index is 5.17. The summed E-state index contributed by atoms with van der Waals surface area (Å²) < 4.78 is 5.17. The van der Waals surface area contributed by atoms with Gasteiger partial charge in [-0.1, -0.05) is 42.4 Å². The molecule has 0 aliphatic carbocycles. The van der Waals surface area contributed by atoms with E-state index in [1.165, 1.54) is 36.0 Å². The Balaban J connectivity index is 2.32. The summed E-state index contributed by atoms with van der Waals surface area (Å²) in [6, 6.07) is 8.36. The third-order valence-corrected chi connectivity index (χ3v) is 3.67. The molecular weight excluding hydrogens is 244 g/mol. The van der Waals surface area contributed by atoms with Crippen molar-refractivity contribution in [3.05, 3.63) is 53.1 Å². The van der Waals surface area contributed by atoms with E-state index >= 15 is 0 Å². The van der Waals surface area contributed by atoms with Crippen LogP contribution in [0.2, 0.25) is 0 Å². The number of hydrogen-bond donors (Lipinski definition) is 0. The molecule has 110 valence electrons. The maximum Gasteiger partial charge on any atom is 0.118 e. The zero-order valence-corrected chi connectivity index (χ0v) is 13.4. The van der Waals surface area contributed by atoms with Crippen LogP contribution in [-0.2, 0) is 6.42 Å². The fraction of sp³-hybridized carbons (Fsp3) is 0.474. The molecule has 1 nitrogen and oxygen atoms in total. The van der Waals surface area contributed by atoms with Crippen molar-refractivity contribution in [2.75, 3.05) is 7.11 Å². The molecule has 0 spiro atoms. The van der Waals surface area contributed by atoms with Gasteiger partial charge in [-0.05, 0) is 63.6 Å². The molecule has 0 fully saturated rings. The molecule has 0 saturated carbocycles. The minimum Gasteiger partial charge on any atom is -0.497 e. The van der Waals surface area contributed by atoms with Gasteiger partial charge in [-0.3, -0.25) is 0 Å². The molecule has 1 heteroatoms. The quantitative estimate of drug-likeness (QED) is 0.551. The highest BCUT2D eigenvalue weighted by Crippen LogP contribution is 2.14. The van der Waals surface area contributed by atoms with Gasteiger partial charge in [0.25, 0.3) is 0 Å². The van der Waals surface area contributed by atoms with E-state index in [1.54, 1.807) is 7.11 Å². The van der Waals surface area contributed by atoms with Crippen molar-refractivity contribution in [1.29, 1.82) is 0 Å². The first-order valence-corrected chi connectivity index (χ1v) is 7.60. The van der Waals surface area contributed by atoms with Crippen LogP contribution in [0.1, 0.15) is 52.0 Å². The summed E-state index contributed by atoms with van der Waals surface area (Å²) in [4.78, 5) is 0. The lowest BCUT2D eigenvalue weighted by atomic mass is 10.1. The molecule has 0 bridgehead atoms. The van der Waals surface area contributed by atoms with E-state index in [2.05, 4.69) is 45.1 Å². The second kappa shape index (κ2) is 9.41. The Hall–Kier alpha value is -1.50. The zero-order chi connectivity index (χ0) is 14.8. The minimum absolute atomic E-state index is 0.929. The monoisotopic (exact) mass is 272 g/mol. The summed E-state index contributed by atoms with van der Waals surface area (Å²) in [5, 5.41) is 0. The molecule has 0 aliphatic rings. The highest BCUT2D eigenvalue weighted by molar-refractivity contribution is 5.27. The topological polar surface area (TPSA) is 9.23 Å². The zero-order valence-electron chi connectivity index (χ0n) is 13.4. The minimum atomic E-state index is 0.929. The van der Waals surface area contributed by atoms with Gasteiger partial charge in [0, 0.05) is 0 Å². The molecular formula is C19H28O. The second-order valence-corrected chi connectivity index (χ2v) is 5.38. The van der Waals surface area contributed by atoms with E-state index in [0.29, 0.717) is 0 Å². The maximum absolute atomic E-state index is 5.17. The van der Waals surface area contributed by atoms with E-state index in [0.717, 1.165) is 18.6 Å². The van der Waals surface area contributed by atoms with Crippen LogP contribution in [0.3, 0.4) is 0 Å². The van der Waals surface area contributed by atoms with Crippen molar-refractivity contribution in [1.82, 2.24) is 0 Å². The number of ether oxygens (including phenoxy) is 1. The van der Waals surface area contributed by atoms with Crippen LogP contribution in [0, 0.1) is 0 Å². The van der Waals surface area contributed by atoms with Gasteiger partial charge in [-0.2, -0.15) is 0 Å². The lowest BCUT2D eigenvalue weighted by molar-refractivity contribution is 0.414. The van der Waals surface area contributed by atoms with Gasteiger partial charge in [0.1, 0.15) is 5.75 Å². The molecule has 0 aromatic heterocycles. The largest absolute Gasteiger partial charge is 0.497 e. The van der Waals surface area contributed by atoms with Crippen molar-refractivity contribution in [3.63, 3.8) is 0 Å². The van der Waals surface area contributed by atoms with E-state index in [-0.39, 0.29) is 0 Å². The molecule has 0 radical (unpaired) electrons. The van der Waals surface area contributed by atoms with Crippen LogP contribution in [0.5, 0.6) is 5.75 Å². The van der Waals surface area contributed by atoms with Crippen molar-refractivity contribution >= 4 is 0 Å². The smallest absolute Gasteiger partial charge is 0.118 e. The molecule has 1 rings (SSSR count). The third kappa shape index (κ3) is 6.60. The van der Waals surface area contributed by atoms with Gasteiger partial charge >= 0.3 is 0 Å². The Morgan fingerprint density at radius 2 is 1.65 bits per heavy atom. The number of benzene rings is 1. The predicted molar refractivity (Wildman–Crippen MR) is 88.4 cm³/mol. The molecule has 0 heterocycles. The Labute approximate surface area is 124 Å². The Morgan fingerprint density at radius 1 is 1.00 bits per heavy atom. The van der Waals surface area contributed by atoms with E-state index in [4.69, 9.17) is 4.74 Å². The first-order chi connectivity index (χ1) is 9.65. The summed E-state index contributed by atoms with van der Waals surface area (Å²) in [6.07, 6.45) is 10.5. The summed E-state index contributed by atoms with van der Waals surface area (Å²) in [7, 11) is 1.70. The first-order valence-electron chi connectivity index (χ1n) is 7.60. The lowest BCUT2D eigenvalue weighted by Crippen LogP contribution is -1.86. The highest BCUT2D eigenvalue weighted by Gasteiger charge is 1.94. The number of hydrogen-bond acceptors (Lipinski definition) is 1. The third-order valence-electron chi connectivity index (χ3n) is 3.67. The fourth-order valence-corrected chi connectivity index (χ4v) is 2.07. The Bertz CT molecular complexity index is 437. The van der Waals surface area contributed by atoms with Gasteiger partial charge < -0.3 is 4.74 Å². The standard InChI is InChI=1S/C19H28O/c1-5-16(2)8-6-9-17(3)10-7-11-18-12-14-19(20-4)15-13-18/h8,10,12-15H,5-7,9,11H2,1-4H3. The number of aryl methyl sites for hydroxylation is 1. The van der Waals surface area contributed by atoms with Crippen LogP contribution in [-0.4, -0.2) is 7.11 Å². The molecule has 0 N–H and O–H groups in total. The average molecular weight is 272 g/mol. The Morgan fingerprint density at radius 3 is 2.25 bits per heavy atom. The summed E-state index contributed by atoms with van der Waals surface area (Å²) in [5.74, 6) is 0.929. The van der Waals surface area contributed by atoms with E-state index in [9.17, 15) is 0 Å². The van der Waals surface area contributed by atoms with E-state index < -0.39 is 0 Å². The van der Waals surface area contributed by atoms with Gasteiger partial charge in [0.15, 0.2) is 0 Å². The number of methoxy groups -OCH3 is 1. The predicted octanol–water partition coefficient (Wildman–Crippen LogP) is 5.71.